The topological polar surface area (TPSA) is 105 Å². The van der Waals surface area contributed by atoms with Crippen LogP contribution >= 0.6 is 11.8 Å². The van der Waals surface area contributed by atoms with Gasteiger partial charge in [0.1, 0.15) is 12.1 Å². The zero-order valence-electron chi connectivity index (χ0n) is 18.8. The van der Waals surface area contributed by atoms with Gasteiger partial charge in [-0.2, -0.15) is 11.8 Å². The van der Waals surface area contributed by atoms with E-state index in [1.807, 2.05) is 24.3 Å². The molecule has 2 aliphatic carbocycles. The standard InChI is InChI=1S/C26H28N2O5S/c29-22(30)15-25(11-13-34-14-12-25)27-23(31)26(9-10-26)28-24(32)33-16-21-19-7-3-1-5-17(19)18-6-2-4-8-20(18)21/h1-8,21H,9-16H2,(H,27,31)(H,28,32)(H,29,30). The van der Waals surface area contributed by atoms with Crippen LogP contribution in [0.4, 0.5) is 4.79 Å². The zero-order chi connectivity index (χ0) is 23.8. The Balaban J connectivity index is 1.23. The largest absolute Gasteiger partial charge is 0.481 e. The van der Waals surface area contributed by atoms with Crippen molar-refractivity contribution in [1.82, 2.24) is 10.6 Å². The molecule has 7 nitrogen and oxygen atoms in total. The number of carboxylic acids is 1. The maximum Gasteiger partial charge on any atom is 0.408 e. The van der Waals surface area contributed by atoms with Crippen LogP contribution in [0.25, 0.3) is 11.1 Å². The first-order chi connectivity index (χ1) is 16.4. The molecule has 0 aromatic heterocycles. The van der Waals surface area contributed by atoms with Crippen molar-refractivity contribution in [2.75, 3.05) is 18.1 Å². The van der Waals surface area contributed by atoms with Crippen LogP contribution in [0, 0.1) is 0 Å². The number of nitrogens with one attached hydrogen (secondary N) is 2. The SMILES string of the molecule is O=C(O)CC1(NC(=O)C2(NC(=O)OCC3c4ccccc4-c4ccccc43)CC2)CCSCC1. The van der Waals surface area contributed by atoms with E-state index in [1.165, 1.54) is 0 Å². The van der Waals surface area contributed by atoms with Crippen molar-refractivity contribution in [2.45, 2.75) is 49.1 Å². The summed E-state index contributed by atoms with van der Waals surface area (Å²) in [5.41, 5.74) is 2.78. The van der Waals surface area contributed by atoms with Crippen LogP contribution in [0.5, 0.6) is 0 Å². The minimum atomic E-state index is -1.02. The summed E-state index contributed by atoms with van der Waals surface area (Å²) in [5, 5.41) is 15.1. The van der Waals surface area contributed by atoms with Crippen molar-refractivity contribution in [3.05, 3.63) is 59.7 Å². The highest BCUT2D eigenvalue weighted by atomic mass is 32.2. The lowest BCUT2D eigenvalue weighted by Crippen LogP contribution is -2.59. The molecule has 1 aliphatic heterocycles. The van der Waals surface area contributed by atoms with E-state index in [0.717, 1.165) is 33.8 Å². The number of benzene rings is 2. The number of amides is 2. The van der Waals surface area contributed by atoms with Crippen molar-refractivity contribution in [3.8, 4) is 11.1 Å². The zero-order valence-corrected chi connectivity index (χ0v) is 19.7. The van der Waals surface area contributed by atoms with Crippen LogP contribution in [0.15, 0.2) is 48.5 Å². The molecule has 1 saturated carbocycles. The monoisotopic (exact) mass is 480 g/mol. The number of alkyl carbamates (subject to hydrolysis) is 1. The van der Waals surface area contributed by atoms with Gasteiger partial charge in [-0.1, -0.05) is 48.5 Å². The second kappa shape index (κ2) is 8.98. The highest BCUT2D eigenvalue weighted by Gasteiger charge is 2.54. The summed E-state index contributed by atoms with van der Waals surface area (Å²) in [4.78, 5) is 37.3. The smallest absolute Gasteiger partial charge is 0.408 e. The van der Waals surface area contributed by atoms with Crippen LogP contribution in [0.3, 0.4) is 0 Å². The Kier molecular flexibility index (Phi) is 6.02. The molecule has 0 radical (unpaired) electrons. The van der Waals surface area contributed by atoms with Gasteiger partial charge in [0.15, 0.2) is 0 Å². The third-order valence-electron chi connectivity index (χ3n) is 7.19. The van der Waals surface area contributed by atoms with E-state index in [9.17, 15) is 19.5 Å². The number of carbonyl (C=O) groups excluding carboxylic acids is 2. The van der Waals surface area contributed by atoms with E-state index in [-0.39, 0.29) is 24.9 Å². The van der Waals surface area contributed by atoms with Gasteiger partial charge in [-0.15, -0.1) is 0 Å². The quantitative estimate of drug-likeness (QED) is 0.555. The first-order valence-corrected chi connectivity index (χ1v) is 12.8. The Morgan fingerprint density at radius 1 is 0.912 bits per heavy atom. The fourth-order valence-corrected chi connectivity index (χ4v) is 6.40. The molecule has 34 heavy (non-hydrogen) atoms. The van der Waals surface area contributed by atoms with Gasteiger partial charge in [-0.3, -0.25) is 9.59 Å². The molecule has 5 rings (SSSR count). The molecule has 1 heterocycles. The molecule has 178 valence electrons. The first kappa shape index (κ1) is 22.8. The minimum absolute atomic E-state index is 0.0549. The highest BCUT2D eigenvalue weighted by Crippen LogP contribution is 2.44. The molecule has 3 aliphatic rings. The van der Waals surface area contributed by atoms with Crippen molar-refractivity contribution in [3.63, 3.8) is 0 Å². The number of fused-ring (bicyclic) bond motifs is 3. The van der Waals surface area contributed by atoms with Crippen molar-refractivity contribution < 1.29 is 24.2 Å². The molecular weight excluding hydrogens is 452 g/mol. The number of aliphatic carboxylic acids is 1. The Bertz CT molecular complexity index is 1080. The predicted molar refractivity (Wildman–Crippen MR) is 130 cm³/mol. The van der Waals surface area contributed by atoms with Gasteiger partial charge in [0.05, 0.1) is 12.0 Å². The number of carboxylic acid groups (broad SMARTS) is 1. The third kappa shape index (κ3) is 4.39. The second-order valence-electron chi connectivity index (χ2n) is 9.45. The second-order valence-corrected chi connectivity index (χ2v) is 10.7. The Hall–Kier alpha value is -3.00. The molecule has 0 atom stereocenters. The highest BCUT2D eigenvalue weighted by molar-refractivity contribution is 7.99. The number of hydrogen-bond donors (Lipinski definition) is 3. The van der Waals surface area contributed by atoms with Crippen LogP contribution in [0.1, 0.15) is 49.1 Å². The molecule has 2 amide bonds. The summed E-state index contributed by atoms with van der Waals surface area (Å²) >= 11 is 1.76. The fraction of sp³-hybridized carbons (Fsp3) is 0.423. The first-order valence-electron chi connectivity index (χ1n) is 11.7. The minimum Gasteiger partial charge on any atom is -0.481 e. The van der Waals surface area contributed by atoms with E-state index in [2.05, 4.69) is 34.9 Å². The summed E-state index contributed by atoms with van der Waals surface area (Å²) in [6.07, 6.45) is 1.51. The van der Waals surface area contributed by atoms with Crippen LogP contribution in [-0.4, -0.2) is 52.3 Å². The maximum absolute atomic E-state index is 13.1. The number of ether oxygens (including phenoxy) is 1. The number of hydrogen-bond acceptors (Lipinski definition) is 5. The number of carbonyl (C=O) groups is 3. The van der Waals surface area contributed by atoms with E-state index in [1.54, 1.807) is 11.8 Å². The summed E-state index contributed by atoms with van der Waals surface area (Å²) in [5.74, 6) is 0.317. The molecule has 0 spiro atoms. The maximum atomic E-state index is 13.1. The molecule has 1 saturated heterocycles. The normalized spacial score (nSPS) is 19.4. The van der Waals surface area contributed by atoms with Gasteiger partial charge in [0, 0.05) is 5.92 Å². The van der Waals surface area contributed by atoms with E-state index in [0.29, 0.717) is 25.7 Å². The van der Waals surface area contributed by atoms with Gasteiger partial charge in [0.2, 0.25) is 5.91 Å². The van der Waals surface area contributed by atoms with E-state index >= 15 is 0 Å². The fourth-order valence-electron chi connectivity index (χ4n) is 5.12. The summed E-state index contributed by atoms with van der Waals surface area (Å²) in [7, 11) is 0. The molecule has 0 unspecified atom stereocenters. The van der Waals surface area contributed by atoms with Gasteiger partial charge >= 0.3 is 12.1 Å². The summed E-state index contributed by atoms with van der Waals surface area (Å²) < 4.78 is 5.62. The van der Waals surface area contributed by atoms with Crippen LogP contribution in [0.2, 0.25) is 0 Å². The Morgan fingerprint density at radius 2 is 1.50 bits per heavy atom. The molecule has 2 aromatic carbocycles. The molecule has 2 aromatic rings. The number of rotatable bonds is 7. The average molecular weight is 481 g/mol. The van der Waals surface area contributed by atoms with Gasteiger partial charge in [-0.25, -0.2) is 4.79 Å². The van der Waals surface area contributed by atoms with E-state index < -0.39 is 23.1 Å². The van der Waals surface area contributed by atoms with Crippen molar-refractivity contribution in [2.24, 2.45) is 0 Å². The average Bonchev–Trinajstić information content (AvgIpc) is 3.53. The van der Waals surface area contributed by atoms with Crippen LogP contribution in [-0.2, 0) is 14.3 Å². The molecule has 3 N–H and O–H groups in total. The summed E-state index contributed by atoms with van der Waals surface area (Å²) in [6.45, 7) is 0.178. The summed E-state index contributed by atoms with van der Waals surface area (Å²) in [6, 6.07) is 16.2. The predicted octanol–water partition coefficient (Wildman–Crippen LogP) is 3.91. The van der Waals surface area contributed by atoms with E-state index in [4.69, 9.17) is 4.74 Å². The van der Waals surface area contributed by atoms with Gasteiger partial charge in [-0.05, 0) is 59.4 Å². The van der Waals surface area contributed by atoms with Gasteiger partial charge < -0.3 is 20.5 Å². The molecular formula is C26H28N2O5S. The Labute approximate surface area is 202 Å². The van der Waals surface area contributed by atoms with Crippen molar-refractivity contribution >= 4 is 29.7 Å². The van der Waals surface area contributed by atoms with Gasteiger partial charge in [0.25, 0.3) is 0 Å². The van der Waals surface area contributed by atoms with Crippen molar-refractivity contribution in [1.29, 1.82) is 0 Å². The molecule has 2 fully saturated rings. The Morgan fingerprint density at radius 3 is 2.06 bits per heavy atom. The lowest BCUT2D eigenvalue weighted by molar-refractivity contribution is -0.139. The lowest BCUT2D eigenvalue weighted by atomic mass is 9.88. The number of thioether (sulfide) groups is 1. The lowest BCUT2D eigenvalue weighted by Gasteiger charge is -2.38. The van der Waals surface area contributed by atoms with Crippen LogP contribution < -0.4 is 10.6 Å². The molecule has 0 bridgehead atoms. The third-order valence-corrected chi connectivity index (χ3v) is 8.17. The molecule has 8 heteroatoms.